The predicted octanol–water partition coefficient (Wildman–Crippen LogP) is 10.3. The highest BCUT2D eigenvalue weighted by atomic mass is 16.6. The number of ether oxygens (including phenoxy) is 4. The van der Waals surface area contributed by atoms with Gasteiger partial charge in [-0.25, -0.2) is 19.2 Å². The van der Waals surface area contributed by atoms with E-state index in [9.17, 15) is 38.4 Å². The fraction of sp³-hybridized carbons (Fsp3) is 0.0820. The molecule has 0 aliphatic rings. The highest BCUT2D eigenvalue weighted by Gasteiger charge is 2.39. The van der Waals surface area contributed by atoms with Crippen LogP contribution in [0.25, 0.3) is 0 Å². The Hall–Kier alpha value is -9.68. The zero-order valence-electron chi connectivity index (χ0n) is 39.0. The molecule has 0 aliphatic carbocycles. The summed E-state index contributed by atoms with van der Waals surface area (Å²) in [5, 5.41) is 0. The molecular weight excluding hydrogens is 925 g/mol. The van der Waals surface area contributed by atoms with Crippen LogP contribution in [0.4, 0.5) is 0 Å². The minimum absolute atomic E-state index is 0.0265. The molecule has 8 aromatic rings. The molecule has 0 bridgehead atoms. The first kappa shape index (κ1) is 49.7. The largest absolute Gasteiger partial charge is 0.461 e. The van der Waals surface area contributed by atoms with Crippen molar-refractivity contribution in [1.82, 2.24) is 0 Å². The number of carbonyl (C=O) groups is 8. The van der Waals surface area contributed by atoms with Crippen molar-refractivity contribution in [2.24, 2.45) is 5.41 Å². The van der Waals surface area contributed by atoms with Gasteiger partial charge in [0.2, 0.25) is 0 Å². The lowest BCUT2D eigenvalue weighted by molar-refractivity contribution is -0.0642. The second kappa shape index (κ2) is 23.3. The molecule has 12 nitrogen and oxygen atoms in total. The first-order valence-corrected chi connectivity index (χ1v) is 22.9. The molecule has 0 saturated carbocycles. The van der Waals surface area contributed by atoms with E-state index < -0.39 is 55.7 Å². The molecule has 0 unspecified atom stereocenters. The summed E-state index contributed by atoms with van der Waals surface area (Å²) < 4.78 is 23.6. The Morgan fingerprint density at radius 1 is 0.233 bits per heavy atom. The van der Waals surface area contributed by atoms with Crippen molar-refractivity contribution < 1.29 is 57.3 Å². The Kier molecular flexibility index (Phi) is 15.9. The van der Waals surface area contributed by atoms with Crippen molar-refractivity contribution in [3.63, 3.8) is 0 Å². The number of esters is 4. The van der Waals surface area contributed by atoms with Crippen LogP contribution >= 0.6 is 0 Å². The van der Waals surface area contributed by atoms with Crippen LogP contribution in [0.3, 0.4) is 0 Å². The zero-order chi connectivity index (χ0) is 51.2. The maximum absolute atomic E-state index is 14.0. The van der Waals surface area contributed by atoms with E-state index in [1.807, 2.05) is 0 Å². The smallest absolute Gasteiger partial charge is 0.338 e. The standard InChI is InChI=1S/C61H44O12/c62-53(41-17-5-1-6-18-41)45-25-13-29-49(33-45)57(66)70-37-61(38-71-58(67)50-30-14-26-46(34-50)54(63)42-19-7-2-8-20-42,39-72-59(68)51-31-15-27-47(35-51)55(64)43-21-9-3-10-22-43)40-73-60(69)52-32-16-28-48(36-52)56(65)44-23-11-4-12-24-44/h1-36H,37-40H2. The van der Waals surface area contributed by atoms with Crippen LogP contribution in [-0.4, -0.2) is 73.4 Å². The first-order chi connectivity index (χ1) is 35.5. The topological polar surface area (TPSA) is 173 Å². The minimum atomic E-state index is -1.86. The molecule has 0 N–H and O–H groups in total. The summed E-state index contributed by atoms with van der Waals surface area (Å²) in [6.07, 6.45) is 0. The Morgan fingerprint density at radius 2 is 0.411 bits per heavy atom. The van der Waals surface area contributed by atoms with Gasteiger partial charge in [-0.05, 0) is 48.5 Å². The number of rotatable bonds is 20. The first-order valence-electron chi connectivity index (χ1n) is 22.9. The van der Waals surface area contributed by atoms with E-state index in [2.05, 4.69) is 0 Å². The van der Waals surface area contributed by atoms with Crippen molar-refractivity contribution in [3.8, 4) is 0 Å². The summed E-state index contributed by atoms with van der Waals surface area (Å²) in [4.78, 5) is 109. The van der Waals surface area contributed by atoms with Gasteiger partial charge in [0, 0.05) is 44.5 Å². The van der Waals surface area contributed by atoms with Crippen LogP contribution in [0.2, 0.25) is 0 Å². The normalized spacial score (nSPS) is 10.8. The Morgan fingerprint density at radius 3 is 0.616 bits per heavy atom. The van der Waals surface area contributed by atoms with Gasteiger partial charge in [0.05, 0.1) is 22.3 Å². The molecule has 73 heavy (non-hydrogen) atoms. The predicted molar refractivity (Wildman–Crippen MR) is 269 cm³/mol. The van der Waals surface area contributed by atoms with Crippen molar-refractivity contribution in [1.29, 1.82) is 0 Å². The van der Waals surface area contributed by atoms with Gasteiger partial charge in [0.15, 0.2) is 23.1 Å². The molecule has 12 heteroatoms. The van der Waals surface area contributed by atoms with Gasteiger partial charge in [-0.15, -0.1) is 0 Å². The van der Waals surface area contributed by atoms with Gasteiger partial charge in [-0.2, -0.15) is 0 Å². The van der Waals surface area contributed by atoms with Crippen LogP contribution in [0.1, 0.15) is 105 Å². The second-order valence-electron chi connectivity index (χ2n) is 16.9. The molecule has 0 aliphatic heterocycles. The second-order valence-corrected chi connectivity index (χ2v) is 16.9. The van der Waals surface area contributed by atoms with Gasteiger partial charge in [0.25, 0.3) is 0 Å². The molecule has 0 spiro atoms. The lowest BCUT2D eigenvalue weighted by Crippen LogP contribution is -2.44. The van der Waals surface area contributed by atoms with Crippen molar-refractivity contribution in [2.45, 2.75) is 0 Å². The van der Waals surface area contributed by atoms with Crippen LogP contribution in [-0.2, 0) is 18.9 Å². The number of hydrogen-bond donors (Lipinski definition) is 0. The maximum Gasteiger partial charge on any atom is 0.338 e. The quantitative estimate of drug-likeness (QED) is 0.0402. The molecule has 0 saturated heterocycles. The van der Waals surface area contributed by atoms with Crippen molar-refractivity contribution >= 4 is 47.0 Å². The van der Waals surface area contributed by atoms with Gasteiger partial charge in [-0.3, -0.25) is 19.2 Å². The molecular formula is C61H44O12. The van der Waals surface area contributed by atoms with E-state index in [1.54, 1.807) is 146 Å². The van der Waals surface area contributed by atoms with Gasteiger partial charge < -0.3 is 18.9 Å². The number of carbonyl (C=O) groups excluding carboxylic acids is 8. The Bertz CT molecular complexity index is 2880. The lowest BCUT2D eigenvalue weighted by Gasteiger charge is -2.31. The third-order valence-electron chi connectivity index (χ3n) is 11.6. The number of hydrogen-bond acceptors (Lipinski definition) is 12. The number of benzene rings is 8. The van der Waals surface area contributed by atoms with E-state index in [-0.39, 0.29) is 67.6 Å². The van der Waals surface area contributed by atoms with Crippen LogP contribution in [0.5, 0.6) is 0 Å². The molecule has 0 atom stereocenters. The SMILES string of the molecule is O=C(OCC(COC(=O)c1cccc(C(=O)c2ccccc2)c1)(COC(=O)c1cccc(C(=O)c2ccccc2)c1)COC(=O)c1cccc(C(=O)c2ccccc2)c1)c1cccc(C(=O)c2ccccc2)c1. The van der Waals surface area contributed by atoms with E-state index in [0.717, 1.165) is 0 Å². The third-order valence-corrected chi connectivity index (χ3v) is 11.6. The third kappa shape index (κ3) is 12.6. The van der Waals surface area contributed by atoms with Crippen LogP contribution in [0, 0.1) is 5.41 Å². The van der Waals surface area contributed by atoms with E-state index in [1.165, 1.54) is 72.8 Å². The fourth-order valence-electron chi connectivity index (χ4n) is 7.63. The molecule has 0 heterocycles. The van der Waals surface area contributed by atoms with Gasteiger partial charge in [0.1, 0.15) is 31.8 Å². The summed E-state index contributed by atoms with van der Waals surface area (Å²) >= 11 is 0. The summed E-state index contributed by atoms with van der Waals surface area (Å²) in [6.45, 7) is -2.82. The zero-order valence-corrected chi connectivity index (χ0v) is 39.0. The fourth-order valence-corrected chi connectivity index (χ4v) is 7.63. The summed E-state index contributed by atoms with van der Waals surface area (Å²) in [5.41, 5.74) is 0.348. The maximum atomic E-state index is 14.0. The molecule has 0 fully saturated rings. The average molecular weight is 969 g/mol. The highest BCUT2D eigenvalue weighted by molar-refractivity contribution is 6.12. The molecule has 360 valence electrons. The van der Waals surface area contributed by atoms with Gasteiger partial charge in [-0.1, -0.05) is 170 Å². The summed E-state index contributed by atoms with van der Waals surface area (Å²) in [6, 6.07) is 57.2. The summed E-state index contributed by atoms with van der Waals surface area (Å²) in [5.74, 6) is -5.12. The molecule has 8 rings (SSSR count). The average Bonchev–Trinajstić information content (AvgIpc) is 3.46. The van der Waals surface area contributed by atoms with Crippen molar-refractivity contribution in [3.05, 3.63) is 285 Å². The molecule has 0 aromatic heterocycles. The van der Waals surface area contributed by atoms with Gasteiger partial charge >= 0.3 is 23.9 Å². The highest BCUT2D eigenvalue weighted by Crippen LogP contribution is 2.26. The molecule has 8 aromatic carbocycles. The van der Waals surface area contributed by atoms with E-state index in [4.69, 9.17) is 18.9 Å². The van der Waals surface area contributed by atoms with Crippen LogP contribution in [0.15, 0.2) is 218 Å². The monoisotopic (exact) mass is 968 g/mol. The summed E-state index contributed by atoms with van der Waals surface area (Å²) in [7, 11) is 0. The van der Waals surface area contributed by atoms with Crippen LogP contribution < -0.4 is 0 Å². The molecule has 0 radical (unpaired) electrons. The Labute approximate surface area is 419 Å². The van der Waals surface area contributed by atoms with E-state index >= 15 is 0 Å². The number of ketones is 4. The van der Waals surface area contributed by atoms with E-state index in [0.29, 0.717) is 22.3 Å². The Balaban J connectivity index is 1.11. The van der Waals surface area contributed by atoms with Crippen molar-refractivity contribution in [2.75, 3.05) is 26.4 Å². The molecule has 0 amide bonds. The minimum Gasteiger partial charge on any atom is -0.461 e. The lowest BCUT2D eigenvalue weighted by atomic mass is 9.91.